The van der Waals surface area contributed by atoms with Gasteiger partial charge in [-0.2, -0.15) is 0 Å². The second kappa shape index (κ2) is 8.55. The molecule has 0 aliphatic heterocycles. The molecule has 112 valence electrons. The molecule has 0 aromatic heterocycles. The number of nitrogens with one attached hydrogen (secondary N) is 2. The number of alkyl halides is 1. The molecule has 2 N–H and O–H groups in total. The topological polar surface area (TPSA) is 33.3 Å². The molecule has 0 amide bonds. The van der Waals surface area contributed by atoms with E-state index in [0.717, 1.165) is 35.6 Å². The first-order valence-electron chi connectivity index (χ1n) is 7.18. The van der Waals surface area contributed by atoms with Crippen molar-refractivity contribution in [1.82, 2.24) is 5.43 Å². The molecule has 2 rings (SSSR count). The maximum atomic E-state index is 6.00. The third kappa shape index (κ3) is 4.96. The van der Waals surface area contributed by atoms with Crippen LogP contribution in [0.5, 0.6) is 5.75 Å². The summed E-state index contributed by atoms with van der Waals surface area (Å²) in [7, 11) is 0. The number of hydrazine groups is 1. The molecular weight excluding hydrogens is 284 g/mol. The normalized spacial score (nSPS) is 10.4. The zero-order valence-corrected chi connectivity index (χ0v) is 13.0. The van der Waals surface area contributed by atoms with Crippen LogP contribution in [0.4, 0.5) is 5.69 Å². The molecule has 2 aromatic carbocycles. The third-order valence-electron chi connectivity index (χ3n) is 3.03. The van der Waals surface area contributed by atoms with Crippen LogP contribution in [-0.4, -0.2) is 6.61 Å². The highest BCUT2D eigenvalue weighted by molar-refractivity contribution is 6.17. The van der Waals surface area contributed by atoms with Crippen molar-refractivity contribution in [2.24, 2.45) is 0 Å². The minimum Gasteiger partial charge on any atom is -0.493 e. The molecule has 0 atom stereocenters. The first-order valence-corrected chi connectivity index (χ1v) is 7.71. The fourth-order valence-corrected chi connectivity index (χ4v) is 2.18. The molecule has 0 aliphatic rings. The van der Waals surface area contributed by atoms with Gasteiger partial charge < -0.3 is 10.2 Å². The molecule has 3 nitrogen and oxygen atoms in total. The number of ether oxygens (including phenoxy) is 1. The van der Waals surface area contributed by atoms with Gasteiger partial charge in [0.2, 0.25) is 0 Å². The molecule has 0 spiro atoms. The zero-order chi connectivity index (χ0) is 14.9. The summed E-state index contributed by atoms with van der Waals surface area (Å²) in [6.45, 7) is 3.53. The van der Waals surface area contributed by atoms with E-state index in [9.17, 15) is 0 Å². The van der Waals surface area contributed by atoms with E-state index in [0.29, 0.717) is 12.4 Å². The predicted molar refractivity (Wildman–Crippen MR) is 88.7 cm³/mol. The average Bonchev–Trinajstić information content (AvgIpc) is 2.54. The summed E-state index contributed by atoms with van der Waals surface area (Å²) >= 11 is 6.00. The molecule has 0 heterocycles. The summed E-state index contributed by atoms with van der Waals surface area (Å²) < 4.78 is 5.69. The van der Waals surface area contributed by atoms with Gasteiger partial charge in [0.1, 0.15) is 5.75 Å². The van der Waals surface area contributed by atoms with Crippen LogP contribution in [0.2, 0.25) is 0 Å². The molecular formula is C17H21ClN2O. The van der Waals surface area contributed by atoms with Crippen LogP contribution in [0.25, 0.3) is 0 Å². The SMILES string of the molecule is CCCOc1ccc(CNNc2ccccc2)cc1CCl. The van der Waals surface area contributed by atoms with Gasteiger partial charge in [0, 0.05) is 17.8 Å². The predicted octanol–water partition coefficient (Wildman–Crippen LogP) is 4.33. The molecule has 0 radical (unpaired) electrons. The number of hydrogen-bond donors (Lipinski definition) is 2. The summed E-state index contributed by atoms with van der Waals surface area (Å²) in [5.74, 6) is 1.34. The van der Waals surface area contributed by atoms with Crippen molar-refractivity contribution in [2.45, 2.75) is 25.8 Å². The molecule has 0 fully saturated rings. The van der Waals surface area contributed by atoms with Gasteiger partial charge >= 0.3 is 0 Å². The summed E-state index contributed by atoms with van der Waals surface area (Å²) in [6.07, 6.45) is 0.992. The van der Waals surface area contributed by atoms with Crippen LogP contribution in [0.15, 0.2) is 48.5 Å². The van der Waals surface area contributed by atoms with Crippen LogP contribution in [0, 0.1) is 0 Å². The van der Waals surface area contributed by atoms with Gasteiger partial charge in [-0.05, 0) is 36.2 Å². The van der Waals surface area contributed by atoms with E-state index in [-0.39, 0.29) is 0 Å². The van der Waals surface area contributed by atoms with Crippen molar-refractivity contribution in [3.05, 3.63) is 59.7 Å². The highest BCUT2D eigenvalue weighted by Crippen LogP contribution is 2.22. The van der Waals surface area contributed by atoms with Crippen LogP contribution in [-0.2, 0) is 12.4 Å². The Bertz CT molecular complexity index is 546. The minimum atomic E-state index is 0.457. The van der Waals surface area contributed by atoms with Gasteiger partial charge in [0.05, 0.1) is 12.5 Å². The molecule has 0 saturated carbocycles. The number of anilines is 1. The summed E-state index contributed by atoms with van der Waals surface area (Å²) in [6, 6.07) is 16.1. The Morgan fingerprint density at radius 2 is 1.90 bits per heavy atom. The molecule has 0 bridgehead atoms. The lowest BCUT2D eigenvalue weighted by Crippen LogP contribution is -2.20. The molecule has 4 heteroatoms. The second-order valence-electron chi connectivity index (χ2n) is 4.77. The molecule has 21 heavy (non-hydrogen) atoms. The minimum absolute atomic E-state index is 0.457. The lowest BCUT2D eigenvalue weighted by molar-refractivity contribution is 0.315. The fourth-order valence-electron chi connectivity index (χ4n) is 1.97. The van der Waals surface area contributed by atoms with E-state index < -0.39 is 0 Å². The van der Waals surface area contributed by atoms with Gasteiger partial charge in [-0.15, -0.1) is 11.6 Å². The summed E-state index contributed by atoms with van der Waals surface area (Å²) in [4.78, 5) is 0. The van der Waals surface area contributed by atoms with E-state index in [1.807, 2.05) is 36.4 Å². The standard InChI is InChI=1S/C17H21ClN2O/c1-2-10-21-17-9-8-14(11-15(17)12-18)13-19-20-16-6-4-3-5-7-16/h3-9,11,19-20H,2,10,12-13H2,1H3. The quantitative estimate of drug-likeness (QED) is 0.562. The fraction of sp³-hybridized carbons (Fsp3) is 0.294. The first kappa shape index (κ1) is 15.7. The van der Waals surface area contributed by atoms with E-state index in [1.165, 1.54) is 0 Å². The largest absolute Gasteiger partial charge is 0.493 e. The number of halogens is 1. The van der Waals surface area contributed by atoms with Gasteiger partial charge in [-0.1, -0.05) is 31.2 Å². The maximum Gasteiger partial charge on any atom is 0.123 e. The van der Waals surface area contributed by atoms with E-state index >= 15 is 0 Å². The van der Waals surface area contributed by atoms with Gasteiger partial charge in [0.25, 0.3) is 0 Å². The van der Waals surface area contributed by atoms with Crippen LogP contribution in [0.3, 0.4) is 0 Å². The van der Waals surface area contributed by atoms with Crippen molar-refractivity contribution in [3.8, 4) is 5.75 Å². The van der Waals surface area contributed by atoms with Crippen molar-refractivity contribution in [2.75, 3.05) is 12.0 Å². The summed E-state index contributed by atoms with van der Waals surface area (Å²) in [5.41, 5.74) is 9.60. The molecule has 0 aliphatic carbocycles. The van der Waals surface area contributed by atoms with Crippen LogP contribution in [0.1, 0.15) is 24.5 Å². The Labute approximate surface area is 131 Å². The Morgan fingerprint density at radius 1 is 1.10 bits per heavy atom. The Balaban J connectivity index is 1.91. The summed E-state index contributed by atoms with van der Waals surface area (Å²) in [5, 5.41) is 0. The van der Waals surface area contributed by atoms with Crippen LogP contribution < -0.4 is 15.6 Å². The maximum absolute atomic E-state index is 6.00. The highest BCUT2D eigenvalue weighted by Gasteiger charge is 2.04. The van der Waals surface area contributed by atoms with Crippen molar-refractivity contribution >= 4 is 17.3 Å². The Kier molecular flexibility index (Phi) is 6.38. The van der Waals surface area contributed by atoms with Gasteiger partial charge in [-0.3, -0.25) is 0 Å². The van der Waals surface area contributed by atoms with E-state index in [2.05, 4.69) is 29.9 Å². The number of hydrogen-bond acceptors (Lipinski definition) is 3. The molecule has 0 saturated heterocycles. The lowest BCUT2D eigenvalue weighted by atomic mass is 10.1. The number of para-hydroxylation sites is 1. The Hall–Kier alpha value is -1.71. The molecule has 0 unspecified atom stereocenters. The van der Waals surface area contributed by atoms with Gasteiger partial charge in [0.15, 0.2) is 0 Å². The smallest absolute Gasteiger partial charge is 0.123 e. The van der Waals surface area contributed by atoms with Crippen molar-refractivity contribution < 1.29 is 4.74 Å². The van der Waals surface area contributed by atoms with Gasteiger partial charge in [-0.25, -0.2) is 5.43 Å². The monoisotopic (exact) mass is 304 g/mol. The molecule has 2 aromatic rings. The average molecular weight is 305 g/mol. The second-order valence-corrected chi connectivity index (χ2v) is 5.04. The van der Waals surface area contributed by atoms with E-state index in [1.54, 1.807) is 0 Å². The van der Waals surface area contributed by atoms with Crippen molar-refractivity contribution in [1.29, 1.82) is 0 Å². The third-order valence-corrected chi connectivity index (χ3v) is 3.32. The lowest BCUT2D eigenvalue weighted by Gasteiger charge is -2.12. The highest BCUT2D eigenvalue weighted by atomic mass is 35.5. The van der Waals surface area contributed by atoms with E-state index in [4.69, 9.17) is 16.3 Å². The first-order chi connectivity index (χ1) is 10.3. The number of rotatable bonds is 8. The zero-order valence-electron chi connectivity index (χ0n) is 12.2. The van der Waals surface area contributed by atoms with Crippen molar-refractivity contribution in [3.63, 3.8) is 0 Å². The Morgan fingerprint density at radius 3 is 2.62 bits per heavy atom. The number of benzene rings is 2. The van der Waals surface area contributed by atoms with Crippen LogP contribution >= 0.6 is 11.6 Å².